The number of nitrogens with one attached hydrogen (secondary N) is 1. The molecule has 0 aromatic heterocycles. The van der Waals surface area contributed by atoms with E-state index in [1.165, 1.54) is 0 Å². The third-order valence-electron chi connectivity index (χ3n) is 1.82. The number of benzene rings is 1. The number of hydrogen-bond acceptors (Lipinski definition) is 3. The summed E-state index contributed by atoms with van der Waals surface area (Å²) in [6.07, 6.45) is 0. The van der Waals surface area contributed by atoms with Crippen molar-refractivity contribution in [2.24, 2.45) is 0 Å². The molecule has 0 amide bonds. The van der Waals surface area contributed by atoms with Crippen LogP contribution in [0.4, 0.5) is 5.69 Å². The van der Waals surface area contributed by atoms with Crippen molar-refractivity contribution in [1.29, 1.82) is 5.41 Å². The van der Waals surface area contributed by atoms with E-state index in [2.05, 4.69) is 0 Å². The third-order valence-corrected chi connectivity index (χ3v) is 1.82. The van der Waals surface area contributed by atoms with Gasteiger partial charge in [0.1, 0.15) is 0 Å². The van der Waals surface area contributed by atoms with Crippen molar-refractivity contribution in [2.45, 2.75) is 0 Å². The second-order valence-corrected chi connectivity index (χ2v) is 2.55. The lowest BCUT2D eigenvalue weighted by Crippen LogP contribution is -2.16. The highest BCUT2D eigenvalue weighted by Gasteiger charge is 2.20. The molecule has 0 saturated heterocycles. The van der Waals surface area contributed by atoms with Crippen LogP contribution in [0.2, 0.25) is 0 Å². The zero-order valence-corrected chi connectivity index (χ0v) is 5.91. The van der Waals surface area contributed by atoms with Gasteiger partial charge in [-0.1, -0.05) is 18.2 Å². The summed E-state index contributed by atoms with van der Waals surface area (Å²) in [5, 5.41) is 17.8. The van der Waals surface area contributed by atoms with Crippen LogP contribution < -0.4 is 5.06 Å². The number of nitrogens with zero attached hydrogens (tertiary/aromatic N) is 1. The minimum Gasteiger partial charge on any atom is -0.303 e. The van der Waals surface area contributed by atoms with E-state index in [1.54, 1.807) is 6.07 Å². The number of hydroxylamine groups is 1. The molecule has 3 heteroatoms. The van der Waals surface area contributed by atoms with Crippen LogP contribution in [-0.2, 0) is 0 Å². The summed E-state index contributed by atoms with van der Waals surface area (Å²) >= 11 is 0. The van der Waals surface area contributed by atoms with Crippen molar-refractivity contribution < 1.29 is 5.21 Å². The molecule has 0 atom stereocenters. The highest BCUT2D eigenvalue weighted by Crippen LogP contribution is 2.24. The Labute approximate surface area is 64.3 Å². The van der Waals surface area contributed by atoms with Gasteiger partial charge >= 0.3 is 0 Å². The lowest BCUT2D eigenvalue weighted by molar-refractivity contribution is 0.273. The van der Waals surface area contributed by atoms with Gasteiger partial charge in [-0.3, -0.25) is 10.3 Å². The number of rotatable bonds is 0. The van der Waals surface area contributed by atoms with Crippen molar-refractivity contribution in [2.75, 3.05) is 11.6 Å². The summed E-state index contributed by atoms with van der Waals surface area (Å²) in [5.74, 6) is 0. The summed E-state index contributed by atoms with van der Waals surface area (Å²) in [6.45, 7) is 0.305. The Kier molecular flexibility index (Phi) is 1.20. The monoisotopic (exact) mass is 148 g/mol. The van der Waals surface area contributed by atoms with E-state index in [9.17, 15) is 5.21 Å². The predicted molar refractivity (Wildman–Crippen MR) is 42.4 cm³/mol. The molecule has 1 heterocycles. The molecule has 0 unspecified atom stereocenters. The van der Waals surface area contributed by atoms with E-state index in [4.69, 9.17) is 5.41 Å². The summed E-state index contributed by atoms with van der Waals surface area (Å²) < 4.78 is 0. The van der Waals surface area contributed by atoms with Crippen molar-refractivity contribution in [1.82, 2.24) is 0 Å². The van der Waals surface area contributed by atoms with Gasteiger partial charge in [0.2, 0.25) is 0 Å². The molecule has 0 spiro atoms. The zero-order valence-electron chi connectivity index (χ0n) is 5.91. The van der Waals surface area contributed by atoms with E-state index < -0.39 is 0 Å². The molecule has 1 aliphatic rings. The second-order valence-electron chi connectivity index (χ2n) is 2.55. The molecule has 0 bridgehead atoms. The van der Waals surface area contributed by atoms with Crippen LogP contribution in [0, 0.1) is 5.41 Å². The van der Waals surface area contributed by atoms with E-state index in [-0.39, 0.29) is 0 Å². The minimum absolute atomic E-state index is 0.305. The molecule has 3 nitrogen and oxygen atoms in total. The lowest BCUT2D eigenvalue weighted by Gasteiger charge is -2.06. The van der Waals surface area contributed by atoms with Crippen LogP contribution in [0.3, 0.4) is 0 Å². The van der Waals surface area contributed by atoms with Gasteiger partial charge in [0.25, 0.3) is 0 Å². The standard InChI is InChI=1S/C8H8N2O/c9-7-5-10(11)8-4-2-1-3-6(7)8/h1-4,9,11H,5H2. The van der Waals surface area contributed by atoms with Crippen LogP contribution >= 0.6 is 0 Å². The van der Waals surface area contributed by atoms with Crippen LogP contribution in [0.5, 0.6) is 0 Å². The zero-order chi connectivity index (χ0) is 7.84. The number of fused-ring (bicyclic) bond motifs is 1. The van der Waals surface area contributed by atoms with Crippen LogP contribution in [0.15, 0.2) is 24.3 Å². The van der Waals surface area contributed by atoms with Gasteiger partial charge in [-0.25, -0.2) is 0 Å². The van der Waals surface area contributed by atoms with Crippen molar-refractivity contribution in [3.8, 4) is 0 Å². The summed E-state index contributed by atoms with van der Waals surface area (Å²) in [7, 11) is 0. The Morgan fingerprint density at radius 3 is 2.82 bits per heavy atom. The third kappa shape index (κ3) is 0.816. The van der Waals surface area contributed by atoms with Crippen molar-refractivity contribution >= 4 is 11.4 Å². The fourth-order valence-corrected chi connectivity index (χ4v) is 1.27. The predicted octanol–water partition coefficient (Wildman–Crippen LogP) is 1.26. The molecule has 1 aromatic carbocycles. The van der Waals surface area contributed by atoms with E-state index >= 15 is 0 Å². The summed E-state index contributed by atoms with van der Waals surface area (Å²) in [6, 6.07) is 7.36. The number of anilines is 1. The average Bonchev–Trinajstić information content (AvgIpc) is 2.30. The lowest BCUT2D eigenvalue weighted by atomic mass is 10.1. The molecular weight excluding hydrogens is 140 g/mol. The molecular formula is C8H8N2O. The van der Waals surface area contributed by atoms with Crippen molar-refractivity contribution in [3.05, 3.63) is 29.8 Å². The Balaban J connectivity index is 2.60. The molecule has 0 fully saturated rings. The molecule has 2 N–H and O–H groups in total. The first kappa shape index (κ1) is 6.37. The molecule has 1 aromatic rings. The number of hydrogen-bond donors (Lipinski definition) is 2. The Morgan fingerprint density at radius 1 is 1.36 bits per heavy atom. The Hall–Kier alpha value is -1.35. The highest BCUT2D eigenvalue weighted by molar-refractivity contribution is 6.09. The van der Waals surface area contributed by atoms with Gasteiger partial charge in [0, 0.05) is 5.56 Å². The average molecular weight is 148 g/mol. The SMILES string of the molecule is N=C1CN(O)c2ccccc21. The van der Waals surface area contributed by atoms with Gasteiger partial charge in [0.05, 0.1) is 17.9 Å². The minimum atomic E-state index is 0.305. The van der Waals surface area contributed by atoms with E-state index in [0.29, 0.717) is 12.3 Å². The summed E-state index contributed by atoms with van der Waals surface area (Å²) in [5.41, 5.74) is 2.04. The smallest absolute Gasteiger partial charge is 0.0875 e. The first-order valence-corrected chi connectivity index (χ1v) is 3.42. The fraction of sp³-hybridized carbons (Fsp3) is 0.125. The second kappa shape index (κ2) is 2.07. The topological polar surface area (TPSA) is 47.3 Å². The van der Waals surface area contributed by atoms with Crippen LogP contribution in [0.1, 0.15) is 5.56 Å². The van der Waals surface area contributed by atoms with Gasteiger partial charge in [-0.05, 0) is 6.07 Å². The van der Waals surface area contributed by atoms with Crippen molar-refractivity contribution in [3.63, 3.8) is 0 Å². The molecule has 0 radical (unpaired) electrons. The van der Waals surface area contributed by atoms with E-state index in [1.807, 2.05) is 18.2 Å². The molecule has 2 rings (SSSR count). The maximum atomic E-state index is 9.24. The van der Waals surface area contributed by atoms with Gasteiger partial charge in [-0.15, -0.1) is 0 Å². The fourth-order valence-electron chi connectivity index (χ4n) is 1.27. The van der Waals surface area contributed by atoms with Crippen LogP contribution in [-0.4, -0.2) is 17.5 Å². The van der Waals surface area contributed by atoms with Gasteiger partial charge in [-0.2, -0.15) is 0 Å². The number of para-hydroxylation sites is 1. The first-order valence-electron chi connectivity index (χ1n) is 3.42. The Bertz CT molecular complexity index is 309. The molecule has 11 heavy (non-hydrogen) atoms. The van der Waals surface area contributed by atoms with Crippen LogP contribution in [0.25, 0.3) is 0 Å². The largest absolute Gasteiger partial charge is 0.303 e. The van der Waals surface area contributed by atoms with E-state index in [0.717, 1.165) is 16.3 Å². The maximum Gasteiger partial charge on any atom is 0.0875 e. The molecule has 0 saturated carbocycles. The quantitative estimate of drug-likeness (QED) is 0.582. The maximum absolute atomic E-state index is 9.24. The summed E-state index contributed by atoms with van der Waals surface area (Å²) in [4.78, 5) is 0. The highest BCUT2D eigenvalue weighted by atomic mass is 16.5. The van der Waals surface area contributed by atoms with Gasteiger partial charge < -0.3 is 5.41 Å². The molecule has 56 valence electrons. The molecule has 1 aliphatic heterocycles. The van der Waals surface area contributed by atoms with Gasteiger partial charge in [0.15, 0.2) is 0 Å². The molecule has 0 aliphatic carbocycles. The normalized spacial score (nSPS) is 15.4. The first-order chi connectivity index (χ1) is 5.29. The Morgan fingerprint density at radius 2 is 2.09 bits per heavy atom.